The molecule has 130 valence electrons. The normalized spacial score (nSPS) is 12.2. The van der Waals surface area contributed by atoms with Gasteiger partial charge in [0.2, 0.25) is 0 Å². The largest absolute Gasteiger partial charge is 0.481 e. The molecule has 1 aromatic carbocycles. The van der Waals surface area contributed by atoms with Gasteiger partial charge in [0.25, 0.3) is 11.5 Å². The lowest BCUT2D eigenvalue weighted by Crippen LogP contribution is -2.41. The van der Waals surface area contributed by atoms with Crippen molar-refractivity contribution in [2.75, 3.05) is 5.43 Å². The number of rotatable bonds is 4. The molecule has 0 saturated carbocycles. The molecule has 0 radical (unpaired) electrons. The number of aromatic nitrogens is 2. The highest BCUT2D eigenvalue weighted by molar-refractivity contribution is 7.16. The number of carbonyl (C=O) groups is 1. The van der Waals surface area contributed by atoms with E-state index in [0.29, 0.717) is 26.8 Å². The molecular formula is C17H16ClN3O3S. The fraction of sp³-hybridized carbons (Fsp3) is 0.235. The molecule has 0 bridgehead atoms. The van der Waals surface area contributed by atoms with E-state index in [0.717, 1.165) is 10.2 Å². The van der Waals surface area contributed by atoms with Crippen LogP contribution in [0.2, 0.25) is 5.02 Å². The predicted octanol–water partition coefficient (Wildman–Crippen LogP) is 3.27. The number of nitrogens with zero attached hydrogens (tertiary/aromatic N) is 2. The smallest absolute Gasteiger partial charge is 0.281 e. The van der Waals surface area contributed by atoms with Gasteiger partial charge in [-0.2, -0.15) is 0 Å². The fourth-order valence-electron chi connectivity index (χ4n) is 2.34. The Balaban J connectivity index is 1.81. The molecule has 0 aliphatic rings. The molecule has 3 aromatic rings. The van der Waals surface area contributed by atoms with E-state index in [-0.39, 0.29) is 5.56 Å². The van der Waals surface area contributed by atoms with Gasteiger partial charge >= 0.3 is 0 Å². The first-order chi connectivity index (χ1) is 11.9. The number of thiophene rings is 1. The zero-order chi connectivity index (χ0) is 18.1. The third-order valence-corrected chi connectivity index (χ3v) is 4.74. The van der Waals surface area contributed by atoms with Gasteiger partial charge in [0.05, 0.1) is 5.39 Å². The molecule has 1 amide bonds. The van der Waals surface area contributed by atoms with Crippen LogP contribution >= 0.6 is 22.9 Å². The standard InChI is InChI=1S/C17H16ClN3O3S/c1-9-8-12(18)4-5-14(9)24-10(2)15(22)20-21-11(3)19-16-13(17(21)23)6-7-25-16/h4-8,10H,1-3H3,(H,20,22). The van der Waals surface area contributed by atoms with E-state index in [1.807, 2.05) is 6.92 Å². The van der Waals surface area contributed by atoms with Crippen LogP contribution in [0.15, 0.2) is 34.4 Å². The Bertz CT molecular complexity index is 1010. The number of benzene rings is 1. The first-order valence-electron chi connectivity index (χ1n) is 7.57. The van der Waals surface area contributed by atoms with Crippen molar-refractivity contribution in [1.29, 1.82) is 0 Å². The van der Waals surface area contributed by atoms with Crippen LogP contribution in [0.4, 0.5) is 0 Å². The summed E-state index contributed by atoms with van der Waals surface area (Å²) in [5.74, 6) is 0.515. The van der Waals surface area contributed by atoms with Gasteiger partial charge in [0.1, 0.15) is 16.4 Å². The van der Waals surface area contributed by atoms with Crippen LogP contribution in [0.3, 0.4) is 0 Å². The van der Waals surface area contributed by atoms with Crippen LogP contribution in [0.25, 0.3) is 10.2 Å². The molecule has 1 N–H and O–H groups in total. The molecule has 0 fully saturated rings. The van der Waals surface area contributed by atoms with Gasteiger partial charge in [-0.25, -0.2) is 9.66 Å². The first-order valence-corrected chi connectivity index (χ1v) is 8.83. The highest BCUT2D eigenvalue weighted by Crippen LogP contribution is 2.23. The number of hydrogen-bond donors (Lipinski definition) is 1. The monoisotopic (exact) mass is 377 g/mol. The van der Waals surface area contributed by atoms with E-state index >= 15 is 0 Å². The Labute approximate surface area is 153 Å². The molecule has 6 nitrogen and oxygen atoms in total. The summed E-state index contributed by atoms with van der Waals surface area (Å²) in [6.07, 6.45) is -0.802. The second-order valence-corrected chi connectivity index (χ2v) is 6.92. The van der Waals surface area contributed by atoms with Crippen molar-refractivity contribution >= 4 is 39.1 Å². The van der Waals surface area contributed by atoms with Gasteiger partial charge in [0.15, 0.2) is 6.10 Å². The minimum Gasteiger partial charge on any atom is -0.481 e. The van der Waals surface area contributed by atoms with Crippen molar-refractivity contribution in [1.82, 2.24) is 9.66 Å². The SMILES string of the molecule is Cc1cc(Cl)ccc1OC(C)C(=O)Nn1c(C)nc2sccc2c1=O. The number of hydrogen-bond acceptors (Lipinski definition) is 5. The lowest BCUT2D eigenvalue weighted by atomic mass is 10.2. The molecule has 0 spiro atoms. The van der Waals surface area contributed by atoms with Crippen molar-refractivity contribution in [3.05, 3.63) is 56.4 Å². The minimum atomic E-state index is -0.802. The summed E-state index contributed by atoms with van der Waals surface area (Å²) in [6, 6.07) is 6.84. The quantitative estimate of drug-likeness (QED) is 0.757. The summed E-state index contributed by atoms with van der Waals surface area (Å²) < 4.78 is 6.83. The fourth-order valence-corrected chi connectivity index (χ4v) is 3.36. The minimum absolute atomic E-state index is 0.313. The van der Waals surface area contributed by atoms with Crippen molar-refractivity contribution < 1.29 is 9.53 Å². The highest BCUT2D eigenvalue weighted by Gasteiger charge is 2.18. The number of amides is 1. The lowest BCUT2D eigenvalue weighted by Gasteiger charge is -2.18. The van der Waals surface area contributed by atoms with Crippen LogP contribution in [0.5, 0.6) is 5.75 Å². The molecule has 0 aliphatic carbocycles. The number of carbonyl (C=O) groups excluding carboxylic acids is 1. The zero-order valence-electron chi connectivity index (χ0n) is 13.9. The summed E-state index contributed by atoms with van der Waals surface area (Å²) >= 11 is 7.30. The van der Waals surface area contributed by atoms with Gasteiger partial charge in [-0.1, -0.05) is 11.6 Å². The third-order valence-electron chi connectivity index (χ3n) is 3.70. The average Bonchev–Trinajstić information content (AvgIpc) is 3.02. The molecule has 3 rings (SSSR count). The number of fused-ring (bicyclic) bond motifs is 1. The van der Waals surface area contributed by atoms with Crippen LogP contribution < -0.4 is 15.7 Å². The maximum absolute atomic E-state index is 12.5. The second kappa shape index (κ2) is 6.85. The Morgan fingerprint density at radius 3 is 2.84 bits per heavy atom. The zero-order valence-corrected chi connectivity index (χ0v) is 15.4. The predicted molar refractivity (Wildman–Crippen MR) is 99.3 cm³/mol. The number of nitrogens with one attached hydrogen (secondary N) is 1. The maximum Gasteiger partial charge on any atom is 0.281 e. The van der Waals surface area contributed by atoms with E-state index < -0.39 is 12.0 Å². The van der Waals surface area contributed by atoms with Crippen LogP contribution in [0.1, 0.15) is 18.3 Å². The molecule has 1 atom stereocenters. The Morgan fingerprint density at radius 1 is 1.36 bits per heavy atom. The summed E-state index contributed by atoms with van der Waals surface area (Å²) in [5.41, 5.74) is 3.08. The summed E-state index contributed by atoms with van der Waals surface area (Å²) in [4.78, 5) is 29.9. The molecule has 0 aliphatic heterocycles. The van der Waals surface area contributed by atoms with E-state index in [1.54, 1.807) is 43.5 Å². The van der Waals surface area contributed by atoms with Crippen molar-refractivity contribution in [3.63, 3.8) is 0 Å². The molecule has 2 heterocycles. The van der Waals surface area contributed by atoms with E-state index in [4.69, 9.17) is 16.3 Å². The molecule has 2 aromatic heterocycles. The van der Waals surface area contributed by atoms with Crippen molar-refractivity contribution in [2.45, 2.75) is 26.9 Å². The summed E-state index contributed by atoms with van der Waals surface area (Å²) in [6.45, 7) is 5.12. The second-order valence-electron chi connectivity index (χ2n) is 5.58. The van der Waals surface area contributed by atoms with Crippen LogP contribution in [0, 0.1) is 13.8 Å². The Hall–Kier alpha value is -2.38. The first kappa shape index (κ1) is 17.4. The van der Waals surface area contributed by atoms with Gasteiger partial charge in [-0.15, -0.1) is 11.3 Å². The number of aryl methyl sites for hydroxylation is 2. The number of ether oxygens (including phenoxy) is 1. The topological polar surface area (TPSA) is 73.2 Å². The van der Waals surface area contributed by atoms with E-state index in [9.17, 15) is 9.59 Å². The Kier molecular flexibility index (Phi) is 4.78. The molecule has 1 unspecified atom stereocenters. The van der Waals surface area contributed by atoms with Gasteiger partial charge in [-0.05, 0) is 56.0 Å². The molecular weight excluding hydrogens is 362 g/mol. The van der Waals surface area contributed by atoms with Gasteiger partial charge < -0.3 is 4.74 Å². The summed E-state index contributed by atoms with van der Waals surface area (Å²) in [5, 5.41) is 2.86. The lowest BCUT2D eigenvalue weighted by molar-refractivity contribution is -0.123. The van der Waals surface area contributed by atoms with Gasteiger partial charge in [0, 0.05) is 5.02 Å². The summed E-state index contributed by atoms with van der Waals surface area (Å²) in [7, 11) is 0. The average molecular weight is 378 g/mol. The van der Waals surface area contributed by atoms with Crippen LogP contribution in [-0.2, 0) is 4.79 Å². The van der Waals surface area contributed by atoms with Crippen molar-refractivity contribution in [3.8, 4) is 5.75 Å². The number of halogens is 1. The molecule has 25 heavy (non-hydrogen) atoms. The highest BCUT2D eigenvalue weighted by atomic mass is 35.5. The maximum atomic E-state index is 12.5. The van der Waals surface area contributed by atoms with E-state index in [2.05, 4.69) is 10.4 Å². The van der Waals surface area contributed by atoms with Crippen LogP contribution in [-0.4, -0.2) is 21.7 Å². The van der Waals surface area contributed by atoms with E-state index in [1.165, 1.54) is 11.3 Å². The van der Waals surface area contributed by atoms with Crippen molar-refractivity contribution in [2.24, 2.45) is 0 Å². The molecule has 0 saturated heterocycles. The Morgan fingerprint density at radius 2 is 2.12 bits per heavy atom. The third kappa shape index (κ3) is 3.52. The molecule has 8 heteroatoms. The van der Waals surface area contributed by atoms with Gasteiger partial charge in [-0.3, -0.25) is 15.0 Å².